The van der Waals surface area contributed by atoms with Gasteiger partial charge in [0.1, 0.15) is 18.3 Å². The van der Waals surface area contributed by atoms with E-state index in [1.165, 1.54) is 17.0 Å². The molecule has 0 spiro atoms. The molecular formula is C33H40ClN3O5S. The first-order valence-corrected chi connectivity index (χ1v) is 16.4. The minimum absolute atomic E-state index is 0.0512. The van der Waals surface area contributed by atoms with Gasteiger partial charge in [0, 0.05) is 17.6 Å². The third-order valence-electron chi connectivity index (χ3n) is 7.93. The van der Waals surface area contributed by atoms with Crippen molar-refractivity contribution in [1.29, 1.82) is 0 Å². The van der Waals surface area contributed by atoms with E-state index < -0.39 is 28.5 Å². The number of nitrogens with one attached hydrogen (secondary N) is 1. The number of halogens is 1. The summed E-state index contributed by atoms with van der Waals surface area (Å²) in [4.78, 5) is 29.4. The quantitative estimate of drug-likeness (QED) is 0.265. The monoisotopic (exact) mass is 625 g/mol. The summed E-state index contributed by atoms with van der Waals surface area (Å²) in [5.41, 5.74) is 2.73. The van der Waals surface area contributed by atoms with E-state index >= 15 is 0 Å². The zero-order valence-corrected chi connectivity index (χ0v) is 26.7. The van der Waals surface area contributed by atoms with E-state index in [1.807, 2.05) is 32.9 Å². The number of benzene rings is 3. The normalized spacial score (nSPS) is 14.3. The highest BCUT2D eigenvalue weighted by molar-refractivity contribution is 7.92. The Morgan fingerprint density at radius 1 is 1.00 bits per heavy atom. The molecule has 3 aromatic carbocycles. The molecule has 0 saturated heterocycles. The van der Waals surface area contributed by atoms with Gasteiger partial charge in [-0.25, -0.2) is 8.42 Å². The Hall–Kier alpha value is -3.56. The maximum absolute atomic E-state index is 14.3. The number of aryl methyl sites for hydroxylation is 2. The average molecular weight is 626 g/mol. The number of ether oxygens (including phenoxy) is 1. The molecule has 3 aromatic rings. The van der Waals surface area contributed by atoms with Crippen LogP contribution in [0.4, 0.5) is 5.69 Å². The molecule has 1 aliphatic rings. The number of hydrogen-bond donors (Lipinski definition) is 1. The lowest BCUT2D eigenvalue weighted by Gasteiger charge is -2.34. The summed E-state index contributed by atoms with van der Waals surface area (Å²) in [5, 5.41) is 3.51. The van der Waals surface area contributed by atoms with Crippen LogP contribution in [0.2, 0.25) is 5.02 Å². The van der Waals surface area contributed by atoms with Gasteiger partial charge >= 0.3 is 0 Å². The van der Waals surface area contributed by atoms with Crippen LogP contribution in [0, 0.1) is 13.8 Å². The van der Waals surface area contributed by atoms with Crippen molar-refractivity contribution in [2.45, 2.75) is 76.4 Å². The number of sulfonamides is 1. The smallest absolute Gasteiger partial charge is 0.264 e. The first-order chi connectivity index (χ1) is 20.5. The first kappa shape index (κ1) is 32.4. The fourth-order valence-electron chi connectivity index (χ4n) is 5.32. The Labute approximate surface area is 260 Å². The number of nitrogens with zero attached hydrogens (tertiary/aromatic N) is 2. The summed E-state index contributed by atoms with van der Waals surface area (Å²) >= 11 is 6.42. The molecule has 0 aromatic heterocycles. The molecule has 43 heavy (non-hydrogen) atoms. The van der Waals surface area contributed by atoms with Gasteiger partial charge in [0.2, 0.25) is 11.8 Å². The Bertz CT molecular complexity index is 1520. The van der Waals surface area contributed by atoms with Gasteiger partial charge in [-0.15, -0.1) is 0 Å². The molecule has 0 heterocycles. The highest BCUT2D eigenvalue weighted by Gasteiger charge is 2.34. The Morgan fingerprint density at radius 3 is 2.23 bits per heavy atom. The fraction of sp³-hybridized carbons (Fsp3) is 0.394. The highest BCUT2D eigenvalue weighted by Crippen LogP contribution is 2.29. The lowest BCUT2D eigenvalue weighted by molar-refractivity contribution is -0.140. The fourth-order valence-corrected chi connectivity index (χ4v) is 6.90. The van der Waals surface area contributed by atoms with E-state index in [4.69, 9.17) is 16.3 Å². The lowest BCUT2D eigenvalue weighted by atomic mass is 10.1. The molecule has 1 aliphatic carbocycles. The number of rotatable bonds is 12. The molecule has 4 rings (SSSR count). The van der Waals surface area contributed by atoms with Crippen LogP contribution in [0.15, 0.2) is 71.6 Å². The van der Waals surface area contributed by atoms with Crippen molar-refractivity contribution in [2.24, 2.45) is 0 Å². The Kier molecular flexibility index (Phi) is 10.7. The van der Waals surface area contributed by atoms with E-state index in [2.05, 4.69) is 5.32 Å². The van der Waals surface area contributed by atoms with Gasteiger partial charge in [0.15, 0.2) is 0 Å². The van der Waals surface area contributed by atoms with Gasteiger partial charge in [0.05, 0.1) is 17.7 Å². The highest BCUT2D eigenvalue weighted by atomic mass is 35.5. The van der Waals surface area contributed by atoms with Crippen molar-refractivity contribution < 1.29 is 22.7 Å². The average Bonchev–Trinajstić information content (AvgIpc) is 3.50. The summed E-state index contributed by atoms with van der Waals surface area (Å²) in [6, 6.07) is 17.9. The maximum atomic E-state index is 14.3. The van der Waals surface area contributed by atoms with E-state index in [0.717, 1.165) is 46.7 Å². The summed E-state index contributed by atoms with van der Waals surface area (Å²) in [6.07, 6.45) is 4.29. The van der Waals surface area contributed by atoms with Gasteiger partial charge < -0.3 is 15.0 Å². The summed E-state index contributed by atoms with van der Waals surface area (Å²) in [5.74, 6) is -0.0709. The molecule has 2 amide bonds. The van der Waals surface area contributed by atoms with E-state index in [0.29, 0.717) is 17.2 Å². The predicted octanol–water partition coefficient (Wildman–Crippen LogP) is 6.03. The zero-order valence-electron chi connectivity index (χ0n) is 25.2. The Morgan fingerprint density at radius 2 is 1.65 bits per heavy atom. The van der Waals surface area contributed by atoms with Crippen LogP contribution in [0.25, 0.3) is 0 Å². The van der Waals surface area contributed by atoms with Crippen molar-refractivity contribution >= 4 is 39.1 Å². The summed E-state index contributed by atoms with van der Waals surface area (Å²) in [7, 11) is -2.60. The van der Waals surface area contributed by atoms with Gasteiger partial charge in [-0.2, -0.15) is 0 Å². The van der Waals surface area contributed by atoms with E-state index in [-0.39, 0.29) is 29.1 Å². The predicted molar refractivity (Wildman–Crippen MR) is 170 cm³/mol. The topological polar surface area (TPSA) is 96.0 Å². The van der Waals surface area contributed by atoms with Gasteiger partial charge in [-0.05, 0) is 80.6 Å². The third kappa shape index (κ3) is 7.89. The van der Waals surface area contributed by atoms with Gasteiger partial charge in [-0.3, -0.25) is 13.9 Å². The molecule has 1 fully saturated rings. The summed E-state index contributed by atoms with van der Waals surface area (Å²) in [6.45, 7) is 5.15. The molecule has 1 N–H and O–H groups in total. The van der Waals surface area contributed by atoms with Crippen molar-refractivity contribution in [3.63, 3.8) is 0 Å². The molecule has 1 saturated carbocycles. The van der Waals surface area contributed by atoms with Crippen LogP contribution in [0.3, 0.4) is 0 Å². The molecule has 0 bridgehead atoms. The molecule has 10 heteroatoms. The molecule has 0 aliphatic heterocycles. The van der Waals surface area contributed by atoms with Crippen LogP contribution < -0.4 is 14.4 Å². The van der Waals surface area contributed by atoms with Crippen molar-refractivity contribution in [3.05, 3.63) is 88.4 Å². The molecular weight excluding hydrogens is 586 g/mol. The molecule has 1 atom stereocenters. The number of carbonyl (C=O) groups is 2. The molecule has 230 valence electrons. The van der Waals surface area contributed by atoms with Crippen LogP contribution in [0.1, 0.15) is 55.7 Å². The number of anilines is 1. The minimum atomic E-state index is -4.17. The standard InChI is InChI=1S/C33H40ClN3O5S/c1-5-31(33(39)35-26-8-6-7-9-26)36(21-25-13-16-28(42-4)17-14-25)32(38)22-37(27-15-12-24(3)30(34)20-27)43(40,41)29-18-10-23(2)11-19-29/h10-20,26,31H,5-9,21-22H2,1-4H3,(H,35,39)/t31-/m1/s1. The van der Waals surface area contributed by atoms with Crippen molar-refractivity contribution in [3.8, 4) is 5.75 Å². The molecule has 0 radical (unpaired) electrons. The second-order valence-electron chi connectivity index (χ2n) is 11.0. The largest absolute Gasteiger partial charge is 0.497 e. The van der Waals surface area contributed by atoms with E-state index in [1.54, 1.807) is 49.6 Å². The number of amides is 2. The lowest BCUT2D eigenvalue weighted by Crippen LogP contribution is -2.53. The number of methoxy groups -OCH3 is 1. The zero-order chi connectivity index (χ0) is 31.1. The van der Waals surface area contributed by atoms with Crippen LogP contribution >= 0.6 is 11.6 Å². The van der Waals surface area contributed by atoms with Gasteiger partial charge in [-0.1, -0.05) is 67.3 Å². The minimum Gasteiger partial charge on any atom is -0.497 e. The van der Waals surface area contributed by atoms with Crippen molar-refractivity contribution in [1.82, 2.24) is 10.2 Å². The Balaban J connectivity index is 1.73. The number of carbonyl (C=O) groups excluding carboxylic acids is 2. The SMILES string of the molecule is CC[C@H](C(=O)NC1CCCC1)N(Cc1ccc(OC)cc1)C(=O)CN(c1ccc(C)c(Cl)c1)S(=O)(=O)c1ccc(C)cc1. The second kappa shape index (κ2) is 14.3. The third-order valence-corrected chi connectivity index (χ3v) is 10.1. The van der Waals surface area contributed by atoms with Crippen LogP contribution in [-0.2, 0) is 26.2 Å². The molecule has 0 unspecified atom stereocenters. The van der Waals surface area contributed by atoms with Crippen LogP contribution in [-0.4, -0.2) is 50.9 Å². The van der Waals surface area contributed by atoms with Gasteiger partial charge in [0.25, 0.3) is 10.0 Å². The van der Waals surface area contributed by atoms with E-state index in [9.17, 15) is 18.0 Å². The first-order valence-electron chi connectivity index (χ1n) is 14.6. The maximum Gasteiger partial charge on any atom is 0.264 e. The summed E-state index contributed by atoms with van der Waals surface area (Å²) < 4.78 is 34.5. The number of hydrogen-bond acceptors (Lipinski definition) is 5. The second-order valence-corrected chi connectivity index (χ2v) is 13.3. The van der Waals surface area contributed by atoms with Crippen molar-refractivity contribution in [2.75, 3.05) is 18.0 Å². The molecule has 8 nitrogen and oxygen atoms in total. The van der Waals surface area contributed by atoms with Crippen LogP contribution in [0.5, 0.6) is 5.75 Å².